The molecule has 0 amide bonds. The maximum Gasteiger partial charge on any atom is 0.0499 e. The smallest absolute Gasteiger partial charge is 0.0499 e. The van der Waals surface area contributed by atoms with Crippen molar-refractivity contribution in [3.63, 3.8) is 0 Å². The normalized spacial score (nSPS) is 22.8. The van der Waals surface area contributed by atoms with Crippen molar-refractivity contribution in [3.8, 4) is 0 Å². The van der Waals surface area contributed by atoms with Crippen LogP contribution >= 0.6 is 0 Å². The number of rotatable bonds is 5. The highest BCUT2D eigenvalue weighted by Crippen LogP contribution is 2.43. The minimum atomic E-state index is 0.321. The van der Waals surface area contributed by atoms with Gasteiger partial charge in [-0.25, -0.2) is 0 Å². The van der Waals surface area contributed by atoms with E-state index in [4.69, 9.17) is 4.74 Å². The van der Waals surface area contributed by atoms with E-state index in [2.05, 4.69) is 50.4 Å². The van der Waals surface area contributed by atoms with Gasteiger partial charge in [0.2, 0.25) is 0 Å². The van der Waals surface area contributed by atoms with Gasteiger partial charge in [-0.2, -0.15) is 0 Å². The van der Waals surface area contributed by atoms with E-state index in [1.807, 2.05) is 0 Å². The summed E-state index contributed by atoms with van der Waals surface area (Å²) in [4.78, 5) is 0. The number of ether oxygens (including phenoxy) is 1. The standard InChI is InChI=1S/C17H27NO/c1-13(12-19-4)11-18-16-15-8-6-5-7-14(15)9-10-17(16,2)3/h5-8,13,16,18H,9-12H2,1-4H3. The lowest BCUT2D eigenvalue weighted by atomic mass is 9.70. The predicted molar refractivity (Wildman–Crippen MR) is 80.3 cm³/mol. The molecule has 1 aliphatic carbocycles. The number of aryl methyl sites for hydroxylation is 1. The molecule has 0 spiro atoms. The van der Waals surface area contributed by atoms with Crippen LogP contribution in [0.5, 0.6) is 0 Å². The van der Waals surface area contributed by atoms with E-state index < -0.39 is 0 Å². The summed E-state index contributed by atoms with van der Waals surface area (Å²) in [5, 5.41) is 3.77. The molecule has 0 radical (unpaired) electrons. The van der Waals surface area contributed by atoms with E-state index in [0.717, 1.165) is 13.2 Å². The van der Waals surface area contributed by atoms with Gasteiger partial charge in [-0.15, -0.1) is 0 Å². The Labute approximate surface area is 117 Å². The van der Waals surface area contributed by atoms with Crippen molar-refractivity contribution < 1.29 is 4.74 Å². The van der Waals surface area contributed by atoms with Gasteiger partial charge in [-0.1, -0.05) is 45.0 Å². The molecule has 0 aromatic heterocycles. The van der Waals surface area contributed by atoms with Crippen molar-refractivity contribution in [1.82, 2.24) is 5.32 Å². The number of hydrogen-bond donors (Lipinski definition) is 1. The Kier molecular flexibility index (Phi) is 4.64. The number of hydrogen-bond acceptors (Lipinski definition) is 2. The molecule has 2 heteroatoms. The molecule has 2 nitrogen and oxygen atoms in total. The predicted octanol–water partition coefficient (Wildman–Crippen LogP) is 3.57. The molecule has 0 fully saturated rings. The fourth-order valence-electron chi connectivity index (χ4n) is 3.11. The summed E-state index contributed by atoms with van der Waals surface area (Å²) in [7, 11) is 1.77. The Morgan fingerprint density at radius 3 is 2.84 bits per heavy atom. The van der Waals surface area contributed by atoms with Crippen molar-refractivity contribution in [2.45, 2.75) is 39.7 Å². The minimum Gasteiger partial charge on any atom is -0.384 e. The SMILES string of the molecule is COCC(C)CNC1c2ccccc2CCC1(C)C. The molecule has 0 saturated heterocycles. The lowest BCUT2D eigenvalue weighted by Crippen LogP contribution is -2.40. The molecule has 1 aromatic carbocycles. The van der Waals surface area contributed by atoms with E-state index in [-0.39, 0.29) is 0 Å². The number of benzene rings is 1. The lowest BCUT2D eigenvalue weighted by molar-refractivity contribution is 0.145. The van der Waals surface area contributed by atoms with E-state index in [1.54, 1.807) is 7.11 Å². The van der Waals surface area contributed by atoms with Crippen molar-refractivity contribution in [2.24, 2.45) is 11.3 Å². The maximum absolute atomic E-state index is 5.22. The van der Waals surface area contributed by atoms with Crippen LogP contribution in [0.25, 0.3) is 0 Å². The molecule has 1 aliphatic rings. The molecule has 0 heterocycles. The Hall–Kier alpha value is -0.860. The van der Waals surface area contributed by atoms with Crippen molar-refractivity contribution >= 4 is 0 Å². The van der Waals surface area contributed by atoms with Crippen LogP contribution in [0, 0.1) is 11.3 Å². The molecule has 0 aliphatic heterocycles. The Morgan fingerprint density at radius 2 is 2.11 bits per heavy atom. The first kappa shape index (κ1) is 14.5. The summed E-state index contributed by atoms with van der Waals surface area (Å²) >= 11 is 0. The molecule has 1 aromatic rings. The largest absolute Gasteiger partial charge is 0.384 e. The molecule has 1 N–H and O–H groups in total. The Balaban J connectivity index is 2.12. The van der Waals surface area contributed by atoms with Crippen LogP contribution in [0.1, 0.15) is 44.4 Å². The van der Waals surface area contributed by atoms with Crippen LogP contribution in [-0.2, 0) is 11.2 Å². The first-order valence-corrected chi connectivity index (χ1v) is 7.34. The van der Waals surface area contributed by atoms with Crippen LogP contribution in [0.3, 0.4) is 0 Å². The molecule has 2 atom stereocenters. The van der Waals surface area contributed by atoms with Crippen LogP contribution in [0.2, 0.25) is 0 Å². The highest BCUT2D eigenvalue weighted by atomic mass is 16.5. The summed E-state index contributed by atoms with van der Waals surface area (Å²) < 4.78 is 5.22. The van der Waals surface area contributed by atoms with E-state index >= 15 is 0 Å². The van der Waals surface area contributed by atoms with Gasteiger partial charge < -0.3 is 10.1 Å². The molecule has 106 valence electrons. The second-order valence-electron chi connectivity index (χ2n) is 6.59. The van der Waals surface area contributed by atoms with Crippen LogP contribution < -0.4 is 5.32 Å². The summed E-state index contributed by atoms with van der Waals surface area (Å²) in [6.45, 7) is 8.82. The Morgan fingerprint density at radius 1 is 1.37 bits per heavy atom. The third-order valence-electron chi connectivity index (χ3n) is 4.31. The zero-order valence-electron chi connectivity index (χ0n) is 12.7. The lowest BCUT2D eigenvalue weighted by Gasteiger charge is -2.41. The monoisotopic (exact) mass is 261 g/mol. The van der Waals surface area contributed by atoms with Crippen molar-refractivity contribution in [3.05, 3.63) is 35.4 Å². The fourth-order valence-corrected chi connectivity index (χ4v) is 3.11. The van der Waals surface area contributed by atoms with Gasteiger partial charge >= 0.3 is 0 Å². The first-order chi connectivity index (χ1) is 9.04. The first-order valence-electron chi connectivity index (χ1n) is 7.34. The Bertz CT molecular complexity index is 413. The topological polar surface area (TPSA) is 21.3 Å². The van der Waals surface area contributed by atoms with E-state index in [9.17, 15) is 0 Å². The summed E-state index contributed by atoms with van der Waals surface area (Å²) in [6.07, 6.45) is 2.45. The third-order valence-corrected chi connectivity index (χ3v) is 4.31. The minimum absolute atomic E-state index is 0.321. The van der Waals surface area contributed by atoms with Crippen LogP contribution in [0.15, 0.2) is 24.3 Å². The van der Waals surface area contributed by atoms with Gasteiger partial charge in [-0.05, 0) is 35.3 Å². The summed E-state index contributed by atoms with van der Waals surface area (Å²) in [5.74, 6) is 0.551. The van der Waals surface area contributed by atoms with Crippen molar-refractivity contribution in [1.29, 1.82) is 0 Å². The van der Waals surface area contributed by atoms with Gasteiger partial charge in [0.05, 0.1) is 0 Å². The zero-order valence-corrected chi connectivity index (χ0v) is 12.7. The van der Waals surface area contributed by atoms with Gasteiger partial charge in [0, 0.05) is 26.3 Å². The quantitative estimate of drug-likeness (QED) is 0.875. The second-order valence-corrected chi connectivity index (χ2v) is 6.59. The molecule has 19 heavy (non-hydrogen) atoms. The maximum atomic E-state index is 5.22. The summed E-state index contributed by atoms with van der Waals surface area (Å²) in [5.41, 5.74) is 3.32. The van der Waals surface area contributed by atoms with Crippen LogP contribution in [-0.4, -0.2) is 20.3 Å². The van der Waals surface area contributed by atoms with E-state index in [0.29, 0.717) is 17.4 Å². The molecular formula is C17H27NO. The molecule has 2 rings (SSSR count). The van der Waals surface area contributed by atoms with Gasteiger partial charge in [-0.3, -0.25) is 0 Å². The average molecular weight is 261 g/mol. The second kappa shape index (κ2) is 6.06. The molecule has 2 unspecified atom stereocenters. The van der Waals surface area contributed by atoms with Crippen LogP contribution in [0.4, 0.5) is 0 Å². The zero-order chi connectivity index (χ0) is 13.9. The van der Waals surface area contributed by atoms with Crippen molar-refractivity contribution in [2.75, 3.05) is 20.3 Å². The van der Waals surface area contributed by atoms with Gasteiger partial charge in [0.25, 0.3) is 0 Å². The third kappa shape index (κ3) is 3.37. The number of fused-ring (bicyclic) bond motifs is 1. The average Bonchev–Trinajstić information content (AvgIpc) is 2.37. The number of nitrogens with one attached hydrogen (secondary N) is 1. The molecule has 0 bridgehead atoms. The highest BCUT2D eigenvalue weighted by Gasteiger charge is 2.35. The highest BCUT2D eigenvalue weighted by molar-refractivity contribution is 5.34. The molecule has 0 saturated carbocycles. The summed E-state index contributed by atoms with van der Waals surface area (Å²) in [6, 6.07) is 9.33. The van der Waals surface area contributed by atoms with Gasteiger partial charge in [0.15, 0.2) is 0 Å². The number of methoxy groups -OCH3 is 1. The fraction of sp³-hybridized carbons (Fsp3) is 0.647. The molecular weight excluding hydrogens is 234 g/mol. The van der Waals surface area contributed by atoms with Gasteiger partial charge in [0.1, 0.15) is 0 Å². The van der Waals surface area contributed by atoms with E-state index in [1.165, 1.54) is 24.0 Å².